The van der Waals surface area contributed by atoms with Crippen LogP contribution in [0.1, 0.15) is 41.0 Å². The predicted molar refractivity (Wildman–Crippen MR) is 46.7 cm³/mol. The van der Waals surface area contributed by atoms with Crippen LogP contribution in [-0.2, 0) is 14.6 Å². The highest BCUT2D eigenvalue weighted by Gasteiger charge is 2.14. The lowest BCUT2D eigenvalue weighted by molar-refractivity contribution is -0.369. The Morgan fingerprint density at radius 1 is 1.42 bits per heavy atom. The summed E-state index contributed by atoms with van der Waals surface area (Å²) >= 11 is 0. The van der Waals surface area contributed by atoms with E-state index in [-0.39, 0.29) is 17.5 Å². The SMILES string of the molecule is CC(=O)CC(C)OOC(C)(C)C. The number of hydrogen-bond donors (Lipinski definition) is 0. The van der Waals surface area contributed by atoms with E-state index in [2.05, 4.69) is 0 Å². The molecular weight excluding hydrogens is 156 g/mol. The number of Topliss-reactive ketones (excluding diaryl/α,β-unsaturated/α-hetero) is 1. The van der Waals surface area contributed by atoms with Gasteiger partial charge in [0, 0.05) is 6.42 Å². The first-order chi connectivity index (χ1) is 5.31. The fourth-order valence-corrected chi connectivity index (χ4v) is 0.665. The third kappa shape index (κ3) is 7.69. The van der Waals surface area contributed by atoms with E-state index in [9.17, 15) is 4.79 Å². The van der Waals surface area contributed by atoms with Crippen molar-refractivity contribution in [1.82, 2.24) is 0 Å². The molecule has 72 valence electrons. The molecule has 0 rings (SSSR count). The molecule has 0 radical (unpaired) electrons. The van der Waals surface area contributed by atoms with Gasteiger partial charge in [0.2, 0.25) is 0 Å². The van der Waals surface area contributed by atoms with E-state index in [1.54, 1.807) is 0 Å². The standard InChI is InChI=1S/C9H18O3/c1-7(10)6-8(2)11-12-9(3,4)5/h8H,6H2,1-5H3. The van der Waals surface area contributed by atoms with Gasteiger partial charge < -0.3 is 0 Å². The van der Waals surface area contributed by atoms with E-state index in [1.165, 1.54) is 6.92 Å². The summed E-state index contributed by atoms with van der Waals surface area (Å²) in [7, 11) is 0. The van der Waals surface area contributed by atoms with Crippen molar-refractivity contribution in [3.63, 3.8) is 0 Å². The van der Waals surface area contributed by atoms with Gasteiger partial charge in [-0.3, -0.25) is 4.79 Å². The first kappa shape index (κ1) is 11.6. The molecule has 0 aromatic rings. The molecule has 3 heteroatoms. The zero-order valence-electron chi connectivity index (χ0n) is 8.51. The summed E-state index contributed by atoms with van der Waals surface area (Å²) in [6.07, 6.45) is 0.234. The summed E-state index contributed by atoms with van der Waals surface area (Å²) in [5.74, 6) is 0.111. The Balaban J connectivity index is 3.57. The molecular formula is C9H18O3. The Kier molecular flexibility index (Phi) is 4.42. The van der Waals surface area contributed by atoms with Crippen molar-refractivity contribution in [2.75, 3.05) is 0 Å². The van der Waals surface area contributed by atoms with Crippen molar-refractivity contribution < 1.29 is 14.6 Å². The number of hydrogen-bond acceptors (Lipinski definition) is 3. The molecule has 0 saturated heterocycles. The normalized spacial score (nSPS) is 14.4. The lowest BCUT2D eigenvalue weighted by atomic mass is 10.2. The quantitative estimate of drug-likeness (QED) is 0.483. The summed E-state index contributed by atoms with van der Waals surface area (Å²) in [5, 5.41) is 0. The van der Waals surface area contributed by atoms with Crippen LogP contribution < -0.4 is 0 Å². The van der Waals surface area contributed by atoms with Gasteiger partial charge in [-0.05, 0) is 34.6 Å². The van der Waals surface area contributed by atoms with Crippen LogP contribution in [-0.4, -0.2) is 17.5 Å². The van der Waals surface area contributed by atoms with E-state index >= 15 is 0 Å². The van der Waals surface area contributed by atoms with E-state index in [0.717, 1.165) is 0 Å². The van der Waals surface area contributed by atoms with E-state index in [1.807, 2.05) is 27.7 Å². The maximum Gasteiger partial charge on any atom is 0.132 e. The largest absolute Gasteiger partial charge is 0.300 e. The summed E-state index contributed by atoms with van der Waals surface area (Å²) in [5.41, 5.74) is -0.314. The summed E-state index contributed by atoms with van der Waals surface area (Å²) < 4.78 is 0. The third-order valence-corrected chi connectivity index (χ3v) is 1.04. The second kappa shape index (κ2) is 4.58. The molecule has 0 bridgehead atoms. The molecule has 0 aliphatic carbocycles. The van der Waals surface area contributed by atoms with Crippen LogP contribution >= 0.6 is 0 Å². The number of rotatable bonds is 4. The number of carbonyl (C=O) groups excluding carboxylic acids is 1. The summed E-state index contributed by atoms with van der Waals surface area (Å²) in [6, 6.07) is 0. The van der Waals surface area contributed by atoms with Gasteiger partial charge in [-0.2, -0.15) is 0 Å². The lowest BCUT2D eigenvalue weighted by Crippen LogP contribution is -2.23. The van der Waals surface area contributed by atoms with Gasteiger partial charge in [-0.1, -0.05) is 0 Å². The minimum absolute atomic E-state index is 0.111. The van der Waals surface area contributed by atoms with Gasteiger partial charge in [0.15, 0.2) is 0 Å². The highest BCUT2D eigenvalue weighted by atomic mass is 17.2. The molecule has 0 aliphatic heterocycles. The van der Waals surface area contributed by atoms with Crippen molar-refractivity contribution in [3.8, 4) is 0 Å². The predicted octanol–water partition coefficient (Wildman–Crippen LogP) is 2.10. The van der Waals surface area contributed by atoms with Gasteiger partial charge in [0.25, 0.3) is 0 Å². The molecule has 0 aliphatic rings. The average Bonchev–Trinajstić information content (AvgIpc) is 1.80. The van der Waals surface area contributed by atoms with Crippen LogP contribution in [0, 0.1) is 0 Å². The molecule has 0 aromatic carbocycles. The molecule has 0 amide bonds. The van der Waals surface area contributed by atoms with Gasteiger partial charge in [-0.25, -0.2) is 9.78 Å². The second-order valence-corrected chi connectivity index (χ2v) is 4.01. The van der Waals surface area contributed by atoms with Gasteiger partial charge >= 0.3 is 0 Å². The average molecular weight is 174 g/mol. The van der Waals surface area contributed by atoms with E-state index in [0.29, 0.717) is 6.42 Å². The maximum absolute atomic E-state index is 10.6. The first-order valence-electron chi connectivity index (χ1n) is 4.15. The molecule has 3 nitrogen and oxygen atoms in total. The molecule has 0 fully saturated rings. The fraction of sp³-hybridized carbons (Fsp3) is 0.889. The van der Waals surface area contributed by atoms with Crippen LogP contribution in [0.25, 0.3) is 0 Å². The van der Waals surface area contributed by atoms with Crippen LogP contribution in [0.3, 0.4) is 0 Å². The zero-order chi connectivity index (χ0) is 9.78. The minimum Gasteiger partial charge on any atom is -0.300 e. The molecule has 1 unspecified atom stereocenters. The Morgan fingerprint density at radius 3 is 2.25 bits per heavy atom. The van der Waals surface area contributed by atoms with Gasteiger partial charge in [0.05, 0.1) is 11.7 Å². The second-order valence-electron chi connectivity index (χ2n) is 4.01. The van der Waals surface area contributed by atoms with Crippen molar-refractivity contribution in [3.05, 3.63) is 0 Å². The smallest absolute Gasteiger partial charge is 0.132 e. The van der Waals surface area contributed by atoms with Crippen LogP contribution in [0.2, 0.25) is 0 Å². The van der Waals surface area contributed by atoms with Crippen LogP contribution in [0.4, 0.5) is 0 Å². The molecule has 12 heavy (non-hydrogen) atoms. The molecule has 0 spiro atoms. The Morgan fingerprint density at radius 2 is 1.92 bits per heavy atom. The third-order valence-electron chi connectivity index (χ3n) is 1.04. The Hall–Kier alpha value is -0.410. The monoisotopic (exact) mass is 174 g/mol. The fourth-order valence-electron chi connectivity index (χ4n) is 0.665. The maximum atomic E-state index is 10.6. The lowest BCUT2D eigenvalue weighted by Gasteiger charge is -2.20. The van der Waals surface area contributed by atoms with Crippen molar-refractivity contribution >= 4 is 5.78 Å². The summed E-state index contributed by atoms with van der Waals surface area (Å²) in [6.45, 7) is 9.04. The van der Waals surface area contributed by atoms with Crippen molar-refractivity contribution in [2.45, 2.75) is 52.7 Å². The Bertz CT molecular complexity index is 146. The molecule has 0 N–H and O–H groups in total. The molecule has 0 aromatic heterocycles. The van der Waals surface area contributed by atoms with Crippen molar-refractivity contribution in [1.29, 1.82) is 0 Å². The van der Waals surface area contributed by atoms with Gasteiger partial charge in [0.1, 0.15) is 5.78 Å². The molecule has 0 heterocycles. The van der Waals surface area contributed by atoms with Gasteiger partial charge in [-0.15, -0.1) is 0 Å². The Labute approximate surface area is 74.0 Å². The number of carbonyl (C=O) groups is 1. The number of ketones is 1. The minimum atomic E-state index is -0.314. The molecule has 1 atom stereocenters. The van der Waals surface area contributed by atoms with E-state index in [4.69, 9.17) is 9.78 Å². The summed E-state index contributed by atoms with van der Waals surface area (Å²) in [4.78, 5) is 20.7. The molecule has 0 saturated carbocycles. The van der Waals surface area contributed by atoms with Crippen molar-refractivity contribution in [2.24, 2.45) is 0 Å². The van der Waals surface area contributed by atoms with E-state index < -0.39 is 0 Å². The topological polar surface area (TPSA) is 35.5 Å². The van der Waals surface area contributed by atoms with Crippen LogP contribution in [0.5, 0.6) is 0 Å². The highest BCUT2D eigenvalue weighted by molar-refractivity contribution is 5.75. The zero-order valence-corrected chi connectivity index (χ0v) is 8.51. The first-order valence-corrected chi connectivity index (χ1v) is 4.15. The highest BCUT2D eigenvalue weighted by Crippen LogP contribution is 2.10. The van der Waals surface area contributed by atoms with Crippen LogP contribution in [0.15, 0.2) is 0 Å².